The summed E-state index contributed by atoms with van der Waals surface area (Å²) in [6.45, 7) is 8.61. The highest BCUT2D eigenvalue weighted by molar-refractivity contribution is 5.45. The molecule has 0 fully saturated rings. The second kappa shape index (κ2) is 3.12. The Bertz CT molecular complexity index is 466. The van der Waals surface area contributed by atoms with Crippen molar-refractivity contribution in [2.24, 2.45) is 0 Å². The summed E-state index contributed by atoms with van der Waals surface area (Å²) in [6.07, 6.45) is 2.16. The lowest BCUT2D eigenvalue weighted by Gasteiger charge is -2.06. The monoisotopic (exact) mass is 188 g/mol. The Kier molecular flexibility index (Phi) is 2.06. The van der Waals surface area contributed by atoms with Gasteiger partial charge in [0.15, 0.2) is 0 Å². The standard InChI is InChI=1S/C12H16N2/c1-8(2)12-10(4)13-11-6-5-9(3)7-14(11)12/h5-8H,1-4H3. The Labute approximate surface area is 84.6 Å². The normalized spacial score (nSPS) is 11.5. The third-order valence-electron chi connectivity index (χ3n) is 2.53. The van der Waals surface area contributed by atoms with E-state index in [0.717, 1.165) is 11.3 Å². The molecule has 2 nitrogen and oxygen atoms in total. The first-order valence-corrected chi connectivity index (χ1v) is 5.05. The first-order chi connectivity index (χ1) is 6.59. The number of aromatic nitrogens is 2. The Hall–Kier alpha value is -1.31. The molecule has 2 rings (SSSR count). The summed E-state index contributed by atoms with van der Waals surface area (Å²) < 4.78 is 2.20. The summed E-state index contributed by atoms with van der Waals surface area (Å²) in [5.74, 6) is 0.520. The van der Waals surface area contributed by atoms with Gasteiger partial charge in [-0.05, 0) is 31.4 Å². The molecular weight excluding hydrogens is 172 g/mol. The van der Waals surface area contributed by atoms with E-state index in [1.54, 1.807) is 0 Å². The number of fused-ring (bicyclic) bond motifs is 1. The van der Waals surface area contributed by atoms with Crippen LogP contribution in [0.2, 0.25) is 0 Å². The SMILES string of the molecule is Cc1ccc2nc(C)c(C(C)C)n2c1. The fraction of sp³-hybridized carbons (Fsp3) is 0.417. The second-order valence-corrected chi connectivity index (χ2v) is 4.17. The van der Waals surface area contributed by atoms with E-state index in [0.29, 0.717) is 5.92 Å². The lowest BCUT2D eigenvalue weighted by Crippen LogP contribution is -1.97. The van der Waals surface area contributed by atoms with E-state index in [2.05, 4.69) is 55.4 Å². The van der Waals surface area contributed by atoms with Gasteiger partial charge in [0.2, 0.25) is 0 Å². The molecule has 14 heavy (non-hydrogen) atoms. The van der Waals surface area contributed by atoms with Gasteiger partial charge in [0.1, 0.15) is 5.65 Å². The molecule has 0 aliphatic carbocycles. The molecule has 0 amide bonds. The number of aryl methyl sites for hydroxylation is 2. The lowest BCUT2D eigenvalue weighted by atomic mass is 10.1. The van der Waals surface area contributed by atoms with E-state index in [1.165, 1.54) is 11.3 Å². The Morgan fingerprint density at radius 2 is 1.93 bits per heavy atom. The Morgan fingerprint density at radius 3 is 2.57 bits per heavy atom. The largest absolute Gasteiger partial charge is 0.303 e. The highest BCUT2D eigenvalue weighted by atomic mass is 15.0. The smallest absolute Gasteiger partial charge is 0.137 e. The number of imidazole rings is 1. The van der Waals surface area contributed by atoms with Crippen molar-refractivity contribution in [3.8, 4) is 0 Å². The number of hydrogen-bond acceptors (Lipinski definition) is 1. The van der Waals surface area contributed by atoms with Gasteiger partial charge in [-0.1, -0.05) is 19.9 Å². The van der Waals surface area contributed by atoms with Crippen LogP contribution in [0.15, 0.2) is 18.3 Å². The zero-order valence-electron chi connectivity index (χ0n) is 9.20. The van der Waals surface area contributed by atoms with Crippen molar-refractivity contribution in [1.82, 2.24) is 9.38 Å². The first-order valence-electron chi connectivity index (χ1n) is 5.05. The minimum atomic E-state index is 0.520. The van der Waals surface area contributed by atoms with Gasteiger partial charge < -0.3 is 4.40 Å². The molecule has 74 valence electrons. The van der Waals surface area contributed by atoms with Crippen molar-refractivity contribution in [3.63, 3.8) is 0 Å². The van der Waals surface area contributed by atoms with E-state index in [1.807, 2.05) is 0 Å². The molecule has 0 aliphatic heterocycles. The van der Waals surface area contributed by atoms with Crippen molar-refractivity contribution < 1.29 is 0 Å². The molecule has 0 bridgehead atoms. The van der Waals surface area contributed by atoms with Crippen molar-refractivity contribution in [2.75, 3.05) is 0 Å². The van der Waals surface area contributed by atoms with Gasteiger partial charge in [-0.3, -0.25) is 0 Å². The van der Waals surface area contributed by atoms with Crippen molar-refractivity contribution >= 4 is 5.65 Å². The summed E-state index contributed by atoms with van der Waals surface area (Å²) >= 11 is 0. The molecular formula is C12H16N2. The first kappa shape index (κ1) is 9.25. The molecule has 0 unspecified atom stereocenters. The van der Waals surface area contributed by atoms with Gasteiger partial charge in [-0.25, -0.2) is 4.98 Å². The molecule has 0 atom stereocenters. The molecule has 0 N–H and O–H groups in total. The molecule has 0 aliphatic rings. The average molecular weight is 188 g/mol. The van der Waals surface area contributed by atoms with Crippen LogP contribution >= 0.6 is 0 Å². The van der Waals surface area contributed by atoms with Crippen molar-refractivity contribution in [3.05, 3.63) is 35.3 Å². The predicted molar refractivity (Wildman–Crippen MR) is 58.8 cm³/mol. The summed E-state index contributed by atoms with van der Waals surface area (Å²) in [5, 5.41) is 0. The van der Waals surface area contributed by atoms with E-state index < -0.39 is 0 Å². The van der Waals surface area contributed by atoms with Crippen LogP contribution in [0.5, 0.6) is 0 Å². The van der Waals surface area contributed by atoms with Crippen LogP contribution in [-0.4, -0.2) is 9.38 Å². The second-order valence-electron chi connectivity index (χ2n) is 4.17. The fourth-order valence-electron chi connectivity index (χ4n) is 1.98. The topological polar surface area (TPSA) is 17.3 Å². The van der Waals surface area contributed by atoms with E-state index in [4.69, 9.17) is 0 Å². The van der Waals surface area contributed by atoms with Crippen LogP contribution in [0.1, 0.15) is 36.7 Å². The Morgan fingerprint density at radius 1 is 1.21 bits per heavy atom. The van der Waals surface area contributed by atoms with Crippen LogP contribution in [0.25, 0.3) is 5.65 Å². The van der Waals surface area contributed by atoms with Gasteiger partial charge in [-0.15, -0.1) is 0 Å². The predicted octanol–water partition coefficient (Wildman–Crippen LogP) is 3.07. The van der Waals surface area contributed by atoms with E-state index >= 15 is 0 Å². The van der Waals surface area contributed by atoms with Gasteiger partial charge in [-0.2, -0.15) is 0 Å². The molecule has 2 aromatic heterocycles. The lowest BCUT2D eigenvalue weighted by molar-refractivity contribution is 0.797. The molecule has 2 aromatic rings. The number of nitrogens with zero attached hydrogens (tertiary/aromatic N) is 2. The minimum Gasteiger partial charge on any atom is -0.303 e. The van der Waals surface area contributed by atoms with Gasteiger partial charge in [0, 0.05) is 11.9 Å². The van der Waals surface area contributed by atoms with Crippen molar-refractivity contribution in [1.29, 1.82) is 0 Å². The quantitative estimate of drug-likeness (QED) is 0.672. The maximum atomic E-state index is 4.54. The van der Waals surface area contributed by atoms with Crippen LogP contribution in [-0.2, 0) is 0 Å². The highest BCUT2D eigenvalue weighted by Gasteiger charge is 2.11. The molecule has 0 saturated carbocycles. The summed E-state index contributed by atoms with van der Waals surface area (Å²) in [4.78, 5) is 4.54. The third-order valence-corrected chi connectivity index (χ3v) is 2.53. The average Bonchev–Trinajstić information content (AvgIpc) is 2.40. The van der Waals surface area contributed by atoms with Gasteiger partial charge in [0.05, 0.1) is 5.69 Å². The molecule has 0 saturated heterocycles. The van der Waals surface area contributed by atoms with Crippen LogP contribution < -0.4 is 0 Å². The molecule has 0 spiro atoms. The fourth-order valence-corrected chi connectivity index (χ4v) is 1.98. The minimum absolute atomic E-state index is 0.520. The molecule has 2 heteroatoms. The third kappa shape index (κ3) is 1.31. The van der Waals surface area contributed by atoms with Crippen LogP contribution in [0.3, 0.4) is 0 Å². The van der Waals surface area contributed by atoms with Crippen LogP contribution in [0, 0.1) is 13.8 Å². The highest BCUT2D eigenvalue weighted by Crippen LogP contribution is 2.20. The van der Waals surface area contributed by atoms with Gasteiger partial charge >= 0.3 is 0 Å². The van der Waals surface area contributed by atoms with Crippen LogP contribution in [0.4, 0.5) is 0 Å². The molecule has 2 heterocycles. The summed E-state index contributed by atoms with van der Waals surface area (Å²) in [6, 6.07) is 4.18. The van der Waals surface area contributed by atoms with E-state index in [-0.39, 0.29) is 0 Å². The van der Waals surface area contributed by atoms with E-state index in [9.17, 15) is 0 Å². The number of hydrogen-bond donors (Lipinski definition) is 0. The summed E-state index contributed by atoms with van der Waals surface area (Å²) in [5.41, 5.74) is 4.79. The molecule has 0 radical (unpaired) electrons. The summed E-state index contributed by atoms with van der Waals surface area (Å²) in [7, 11) is 0. The zero-order chi connectivity index (χ0) is 10.3. The van der Waals surface area contributed by atoms with Gasteiger partial charge in [0.25, 0.3) is 0 Å². The maximum absolute atomic E-state index is 4.54. The maximum Gasteiger partial charge on any atom is 0.137 e. The number of rotatable bonds is 1. The molecule has 0 aromatic carbocycles. The van der Waals surface area contributed by atoms with Crippen molar-refractivity contribution in [2.45, 2.75) is 33.6 Å². The zero-order valence-corrected chi connectivity index (χ0v) is 9.20. The Balaban J connectivity index is 2.79. The number of pyridine rings is 1.